The van der Waals surface area contributed by atoms with Gasteiger partial charge in [-0.25, -0.2) is 0 Å². The molecule has 1 aliphatic rings. The van der Waals surface area contributed by atoms with Crippen molar-refractivity contribution in [1.29, 1.82) is 0 Å². The number of halogens is 1. The van der Waals surface area contributed by atoms with Gasteiger partial charge in [0, 0.05) is 0 Å². The first-order valence-corrected chi connectivity index (χ1v) is 6.36. The van der Waals surface area contributed by atoms with E-state index in [0.29, 0.717) is 0 Å². The number of likely N-dealkylation sites (N-methyl/N-ethyl adjacent to an activating group) is 1. The van der Waals surface area contributed by atoms with Crippen LogP contribution in [0.5, 0.6) is 0 Å². The van der Waals surface area contributed by atoms with Gasteiger partial charge in [-0.15, -0.1) is 0 Å². The van der Waals surface area contributed by atoms with E-state index in [0.717, 1.165) is 30.8 Å². The average Bonchev–Trinajstić information content (AvgIpc) is 2.24. The number of hydrogen-bond donors (Lipinski definition) is 0. The molecule has 1 rings (SSSR count). The number of unbranched alkanes of at least 4 members (excludes halogenated alkanes) is 4. The zero-order valence-electron chi connectivity index (χ0n) is 10.8. The van der Waals surface area contributed by atoms with E-state index in [-0.39, 0.29) is 12.4 Å². The van der Waals surface area contributed by atoms with Gasteiger partial charge in [0.1, 0.15) is 13.1 Å². The van der Waals surface area contributed by atoms with Crippen LogP contribution in [-0.2, 0) is 4.74 Å². The molecule has 0 atom stereocenters. The summed E-state index contributed by atoms with van der Waals surface area (Å²) in [7, 11) is 2.30. The van der Waals surface area contributed by atoms with E-state index in [2.05, 4.69) is 26.2 Å². The van der Waals surface area contributed by atoms with E-state index >= 15 is 0 Å². The summed E-state index contributed by atoms with van der Waals surface area (Å²) in [5.74, 6) is 0. The molecule has 0 radical (unpaired) electrons. The van der Waals surface area contributed by atoms with Crippen molar-refractivity contribution in [2.24, 2.45) is 0 Å². The highest BCUT2D eigenvalue weighted by Crippen LogP contribution is 2.10. The van der Waals surface area contributed by atoms with Crippen LogP contribution in [0.1, 0.15) is 39.0 Å². The molecule has 16 heavy (non-hydrogen) atoms. The molecule has 0 bridgehead atoms. The van der Waals surface area contributed by atoms with Crippen LogP contribution in [0, 0.1) is 0 Å². The van der Waals surface area contributed by atoms with E-state index in [9.17, 15) is 0 Å². The molecular weight excluding hydrogens is 222 g/mol. The molecule has 96 valence electrons. The summed E-state index contributed by atoms with van der Waals surface area (Å²) in [5, 5.41) is 0. The average molecular weight is 248 g/mol. The van der Waals surface area contributed by atoms with Gasteiger partial charge in [-0.3, -0.25) is 4.48 Å². The van der Waals surface area contributed by atoms with Crippen molar-refractivity contribution in [2.75, 3.05) is 33.4 Å². The Balaban J connectivity index is 0.00000225. The fraction of sp³-hybridized carbons (Fsp3) is 0.846. The third kappa shape index (κ3) is 6.51. The normalized spacial score (nSPS) is 19.6. The second-order valence-electron chi connectivity index (χ2n) is 4.77. The van der Waals surface area contributed by atoms with Crippen molar-refractivity contribution in [2.45, 2.75) is 39.0 Å². The fourth-order valence-electron chi connectivity index (χ4n) is 1.93. The summed E-state index contributed by atoms with van der Waals surface area (Å²) in [6.07, 6.45) is 11.4. The van der Waals surface area contributed by atoms with E-state index in [1.54, 1.807) is 0 Å². The Morgan fingerprint density at radius 2 is 1.81 bits per heavy atom. The van der Waals surface area contributed by atoms with Crippen molar-refractivity contribution < 1.29 is 21.6 Å². The van der Waals surface area contributed by atoms with Crippen molar-refractivity contribution in [3.8, 4) is 0 Å². The summed E-state index contributed by atoms with van der Waals surface area (Å²) in [6.45, 7) is 6.35. The minimum absolute atomic E-state index is 0. The standard InChI is InChI=1S/C13H26NO.ClH/c1-3-4-5-6-7-8-9-14(2)10-12-15-13-11-14;/h8-9H,3-7,10-13H2,1-2H3;1H/q+1;/p-1. The van der Waals surface area contributed by atoms with Gasteiger partial charge in [0.2, 0.25) is 0 Å². The zero-order chi connectivity index (χ0) is 11.0. The van der Waals surface area contributed by atoms with Crippen molar-refractivity contribution in [3.63, 3.8) is 0 Å². The van der Waals surface area contributed by atoms with Crippen LogP contribution in [0.4, 0.5) is 0 Å². The van der Waals surface area contributed by atoms with Gasteiger partial charge in [0.15, 0.2) is 0 Å². The molecule has 0 N–H and O–H groups in total. The lowest BCUT2D eigenvalue weighted by Gasteiger charge is -2.33. The predicted octanol–water partition coefficient (Wildman–Crippen LogP) is -0.0487. The smallest absolute Gasteiger partial charge is 0.106 e. The van der Waals surface area contributed by atoms with Gasteiger partial charge >= 0.3 is 0 Å². The van der Waals surface area contributed by atoms with Crippen molar-refractivity contribution in [1.82, 2.24) is 0 Å². The first kappa shape index (κ1) is 16.0. The first-order valence-electron chi connectivity index (χ1n) is 6.36. The zero-order valence-corrected chi connectivity index (χ0v) is 11.5. The van der Waals surface area contributed by atoms with E-state index in [1.807, 2.05) is 0 Å². The molecule has 0 aromatic rings. The number of nitrogens with zero attached hydrogens (tertiary/aromatic N) is 1. The molecule has 1 fully saturated rings. The molecule has 2 nitrogen and oxygen atoms in total. The lowest BCUT2D eigenvalue weighted by Crippen LogP contribution is -3.00. The van der Waals surface area contributed by atoms with E-state index in [4.69, 9.17) is 4.74 Å². The van der Waals surface area contributed by atoms with Gasteiger partial charge in [0.05, 0.1) is 26.5 Å². The topological polar surface area (TPSA) is 9.23 Å². The third-order valence-electron chi connectivity index (χ3n) is 3.18. The van der Waals surface area contributed by atoms with Crippen LogP contribution in [0.25, 0.3) is 0 Å². The third-order valence-corrected chi connectivity index (χ3v) is 3.18. The second kappa shape index (κ2) is 9.03. The van der Waals surface area contributed by atoms with Gasteiger partial charge in [0.25, 0.3) is 0 Å². The molecule has 0 aromatic carbocycles. The van der Waals surface area contributed by atoms with Crippen molar-refractivity contribution >= 4 is 0 Å². The molecule has 1 heterocycles. The van der Waals surface area contributed by atoms with Gasteiger partial charge in [-0.2, -0.15) is 0 Å². The SMILES string of the molecule is CCCCCCC=C[N+]1(C)CCOCC1.[Cl-]. The van der Waals surface area contributed by atoms with Gasteiger partial charge in [-0.1, -0.05) is 26.2 Å². The molecule has 3 heteroatoms. The Hall–Kier alpha value is -0.0500. The van der Waals surface area contributed by atoms with Crippen LogP contribution in [0.3, 0.4) is 0 Å². The number of quaternary nitrogens is 1. The Bertz CT molecular complexity index is 188. The van der Waals surface area contributed by atoms with Gasteiger partial charge < -0.3 is 17.1 Å². The van der Waals surface area contributed by atoms with Crippen LogP contribution in [0.15, 0.2) is 12.3 Å². The van der Waals surface area contributed by atoms with Crippen LogP contribution < -0.4 is 12.4 Å². The minimum Gasteiger partial charge on any atom is -1.00 e. The largest absolute Gasteiger partial charge is 1.00 e. The minimum atomic E-state index is 0. The Kier molecular flexibility index (Phi) is 9.00. The Morgan fingerprint density at radius 3 is 2.44 bits per heavy atom. The van der Waals surface area contributed by atoms with E-state index < -0.39 is 0 Å². The summed E-state index contributed by atoms with van der Waals surface area (Å²) in [4.78, 5) is 0. The highest BCUT2D eigenvalue weighted by Gasteiger charge is 2.21. The molecular formula is C13H26ClNO. The first-order chi connectivity index (χ1) is 7.27. The quantitative estimate of drug-likeness (QED) is 0.473. The molecule has 0 aliphatic carbocycles. The fourth-order valence-corrected chi connectivity index (χ4v) is 1.93. The maximum atomic E-state index is 5.37. The number of rotatable bonds is 6. The lowest BCUT2D eigenvalue weighted by atomic mass is 10.1. The summed E-state index contributed by atoms with van der Waals surface area (Å²) in [5.41, 5.74) is 0. The number of morpholine rings is 1. The summed E-state index contributed by atoms with van der Waals surface area (Å²) < 4.78 is 6.44. The lowest BCUT2D eigenvalue weighted by molar-refractivity contribution is -0.868. The monoisotopic (exact) mass is 247 g/mol. The molecule has 1 aliphatic heterocycles. The maximum absolute atomic E-state index is 5.37. The van der Waals surface area contributed by atoms with Crippen LogP contribution in [0.2, 0.25) is 0 Å². The van der Waals surface area contributed by atoms with Crippen LogP contribution >= 0.6 is 0 Å². The van der Waals surface area contributed by atoms with E-state index in [1.165, 1.54) is 32.1 Å². The predicted molar refractivity (Wildman–Crippen MR) is 64.6 cm³/mol. The molecule has 1 saturated heterocycles. The molecule has 0 saturated carbocycles. The molecule has 0 amide bonds. The second-order valence-corrected chi connectivity index (χ2v) is 4.77. The summed E-state index contributed by atoms with van der Waals surface area (Å²) >= 11 is 0. The van der Waals surface area contributed by atoms with Crippen LogP contribution in [-0.4, -0.2) is 37.8 Å². The Morgan fingerprint density at radius 1 is 1.12 bits per heavy atom. The number of allylic oxidation sites excluding steroid dienone is 1. The molecule has 0 unspecified atom stereocenters. The number of hydrogen-bond acceptors (Lipinski definition) is 1. The highest BCUT2D eigenvalue weighted by atomic mass is 35.5. The molecule has 0 aromatic heterocycles. The Labute approximate surface area is 107 Å². The highest BCUT2D eigenvalue weighted by molar-refractivity contribution is 4.75. The maximum Gasteiger partial charge on any atom is 0.106 e. The summed E-state index contributed by atoms with van der Waals surface area (Å²) in [6, 6.07) is 0. The van der Waals surface area contributed by atoms with Gasteiger partial charge in [-0.05, 0) is 18.9 Å². The van der Waals surface area contributed by atoms with Crippen molar-refractivity contribution in [3.05, 3.63) is 12.3 Å². The number of ether oxygens (including phenoxy) is 1. The molecule has 0 spiro atoms.